The number of aryl methyl sites for hydroxylation is 1. The molecule has 2 heterocycles. The number of rotatable bonds is 9. The average Bonchev–Trinajstić information content (AvgIpc) is 3.27. The average molecular weight is 418 g/mol. The molecule has 9 nitrogen and oxygen atoms in total. The van der Waals surface area contributed by atoms with E-state index >= 15 is 0 Å². The summed E-state index contributed by atoms with van der Waals surface area (Å²) in [7, 11) is 3.19. The maximum atomic E-state index is 13.0. The molecule has 0 radical (unpaired) electrons. The number of ether oxygens (including phenoxy) is 2. The molecule has 0 aliphatic carbocycles. The molecule has 1 aromatic carbocycles. The van der Waals surface area contributed by atoms with Gasteiger partial charge in [-0.2, -0.15) is 0 Å². The van der Waals surface area contributed by atoms with Crippen molar-refractivity contribution in [3.8, 4) is 11.3 Å². The lowest BCUT2D eigenvalue weighted by molar-refractivity contribution is -0.384. The van der Waals surface area contributed by atoms with Gasteiger partial charge in [-0.05, 0) is 6.92 Å². The number of hydrogen-bond donors (Lipinski definition) is 0. The Morgan fingerprint density at radius 1 is 1.28 bits per heavy atom. The second kappa shape index (κ2) is 9.12. The Morgan fingerprint density at radius 3 is 2.55 bits per heavy atom. The minimum absolute atomic E-state index is 0.0124. The smallest absolute Gasteiger partial charge is 0.270 e. The number of fused-ring (bicyclic) bond motifs is 1. The van der Waals surface area contributed by atoms with Crippen LogP contribution in [0.2, 0.25) is 0 Å². The molecule has 154 valence electrons. The van der Waals surface area contributed by atoms with Crippen molar-refractivity contribution in [1.29, 1.82) is 0 Å². The number of carbonyl (C=O) groups excluding carboxylic acids is 1. The Labute approximate surface area is 171 Å². The standard InChI is InChI=1S/C19H22N4O5S/c1-13-17(18(24)21(7-9-27-2)8-10-28-3)29-19-20-16(12-22(13)19)14-5-4-6-15(11-14)23(25)26/h4-6,11-12H,7-10H2,1-3H3. The fourth-order valence-corrected chi connectivity index (χ4v) is 4.00. The second-order valence-corrected chi connectivity index (χ2v) is 7.36. The number of carbonyl (C=O) groups is 1. The van der Waals surface area contributed by atoms with Crippen LogP contribution in [0.1, 0.15) is 15.4 Å². The first-order valence-corrected chi connectivity index (χ1v) is 9.78. The highest BCUT2D eigenvalue weighted by molar-refractivity contribution is 7.19. The molecule has 0 aliphatic heterocycles. The molecule has 3 aromatic rings. The maximum absolute atomic E-state index is 13.0. The van der Waals surface area contributed by atoms with Gasteiger partial charge in [0.1, 0.15) is 4.88 Å². The monoisotopic (exact) mass is 418 g/mol. The van der Waals surface area contributed by atoms with Crippen LogP contribution in [-0.2, 0) is 9.47 Å². The van der Waals surface area contributed by atoms with Gasteiger partial charge in [0.2, 0.25) is 0 Å². The Balaban J connectivity index is 1.91. The zero-order valence-electron chi connectivity index (χ0n) is 16.5. The lowest BCUT2D eigenvalue weighted by Crippen LogP contribution is -2.36. The molecule has 2 aromatic heterocycles. The van der Waals surface area contributed by atoms with Crippen LogP contribution in [0.5, 0.6) is 0 Å². The van der Waals surface area contributed by atoms with Gasteiger partial charge in [0.05, 0.1) is 23.8 Å². The molecule has 10 heteroatoms. The van der Waals surface area contributed by atoms with Crippen LogP contribution in [0.3, 0.4) is 0 Å². The molecule has 0 spiro atoms. The third-order valence-electron chi connectivity index (χ3n) is 4.52. The van der Waals surface area contributed by atoms with Crippen LogP contribution in [0.4, 0.5) is 5.69 Å². The van der Waals surface area contributed by atoms with E-state index in [4.69, 9.17) is 9.47 Å². The van der Waals surface area contributed by atoms with Gasteiger partial charge in [0.25, 0.3) is 11.6 Å². The minimum atomic E-state index is -0.432. The first-order chi connectivity index (χ1) is 14.0. The number of amides is 1. The highest BCUT2D eigenvalue weighted by Crippen LogP contribution is 2.29. The van der Waals surface area contributed by atoms with Crippen molar-refractivity contribution < 1.29 is 19.2 Å². The quantitative estimate of drug-likeness (QED) is 0.391. The molecule has 0 N–H and O–H groups in total. The van der Waals surface area contributed by atoms with Gasteiger partial charge in [-0.15, -0.1) is 0 Å². The molecular formula is C19H22N4O5S. The van der Waals surface area contributed by atoms with Crippen molar-refractivity contribution >= 4 is 27.9 Å². The van der Waals surface area contributed by atoms with Crippen LogP contribution in [0.15, 0.2) is 30.5 Å². The summed E-state index contributed by atoms with van der Waals surface area (Å²) in [4.78, 5) is 31.1. The molecule has 0 aliphatic rings. The normalized spacial score (nSPS) is 11.1. The van der Waals surface area contributed by atoms with Gasteiger partial charge in [-0.25, -0.2) is 4.98 Å². The van der Waals surface area contributed by atoms with E-state index in [9.17, 15) is 14.9 Å². The van der Waals surface area contributed by atoms with Crippen LogP contribution in [0.25, 0.3) is 16.2 Å². The summed E-state index contributed by atoms with van der Waals surface area (Å²) in [6.45, 7) is 3.68. The molecular weight excluding hydrogens is 396 g/mol. The first kappa shape index (κ1) is 20.9. The van der Waals surface area contributed by atoms with Crippen molar-refractivity contribution in [2.24, 2.45) is 0 Å². The number of aromatic nitrogens is 2. The summed E-state index contributed by atoms with van der Waals surface area (Å²) in [5, 5.41) is 11.0. The summed E-state index contributed by atoms with van der Waals surface area (Å²) >= 11 is 1.30. The summed E-state index contributed by atoms with van der Waals surface area (Å²) < 4.78 is 12.1. The van der Waals surface area contributed by atoms with Crippen molar-refractivity contribution in [2.75, 3.05) is 40.5 Å². The SMILES string of the molecule is COCCN(CCOC)C(=O)c1sc2nc(-c3cccc([N+](=O)[O-])c3)cn2c1C. The number of methoxy groups -OCH3 is 2. The molecule has 0 atom stereocenters. The molecule has 29 heavy (non-hydrogen) atoms. The van der Waals surface area contributed by atoms with Gasteiger partial charge in [-0.3, -0.25) is 19.3 Å². The highest BCUT2D eigenvalue weighted by atomic mass is 32.1. The number of non-ortho nitro benzene ring substituents is 1. The largest absolute Gasteiger partial charge is 0.383 e. The summed E-state index contributed by atoms with van der Waals surface area (Å²) in [5.41, 5.74) is 2.07. The zero-order chi connectivity index (χ0) is 21.0. The van der Waals surface area contributed by atoms with E-state index in [0.717, 1.165) is 5.69 Å². The zero-order valence-corrected chi connectivity index (χ0v) is 17.3. The minimum Gasteiger partial charge on any atom is -0.383 e. The van der Waals surface area contributed by atoms with Gasteiger partial charge in [-0.1, -0.05) is 23.5 Å². The maximum Gasteiger partial charge on any atom is 0.270 e. The number of nitro benzene ring substituents is 1. The van der Waals surface area contributed by atoms with E-state index < -0.39 is 4.92 Å². The third-order valence-corrected chi connectivity index (χ3v) is 5.67. The second-order valence-electron chi connectivity index (χ2n) is 6.38. The lowest BCUT2D eigenvalue weighted by atomic mass is 10.1. The molecule has 0 unspecified atom stereocenters. The predicted molar refractivity (Wildman–Crippen MR) is 110 cm³/mol. The Bertz CT molecular complexity index is 1020. The van der Waals surface area contributed by atoms with E-state index in [1.807, 2.05) is 11.3 Å². The molecule has 0 fully saturated rings. The molecule has 0 saturated heterocycles. The van der Waals surface area contributed by atoms with E-state index in [-0.39, 0.29) is 11.6 Å². The number of nitro groups is 1. The van der Waals surface area contributed by atoms with Gasteiger partial charge < -0.3 is 14.4 Å². The fraction of sp³-hybridized carbons (Fsp3) is 0.368. The first-order valence-electron chi connectivity index (χ1n) is 8.96. The van der Waals surface area contributed by atoms with Crippen molar-refractivity contribution in [3.05, 3.63) is 51.1 Å². The summed E-state index contributed by atoms with van der Waals surface area (Å²) in [5.74, 6) is -0.0935. The van der Waals surface area contributed by atoms with E-state index in [0.29, 0.717) is 47.4 Å². The number of benzene rings is 1. The predicted octanol–water partition coefficient (Wildman–Crippen LogP) is 3.01. The number of hydrogen-bond acceptors (Lipinski definition) is 7. The van der Waals surface area contributed by atoms with Crippen molar-refractivity contribution in [1.82, 2.24) is 14.3 Å². The lowest BCUT2D eigenvalue weighted by Gasteiger charge is -2.21. The van der Waals surface area contributed by atoms with Crippen LogP contribution in [0, 0.1) is 17.0 Å². The van der Waals surface area contributed by atoms with Crippen molar-refractivity contribution in [2.45, 2.75) is 6.92 Å². The number of imidazole rings is 1. The van der Waals surface area contributed by atoms with Crippen molar-refractivity contribution in [3.63, 3.8) is 0 Å². The Hall–Kier alpha value is -2.82. The van der Waals surface area contributed by atoms with E-state index in [2.05, 4.69) is 4.98 Å². The van der Waals surface area contributed by atoms with Crippen LogP contribution in [-0.4, -0.2) is 65.6 Å². The van der Waals surface area contributed by atoms with Crippen LogP contribution >= 0.6 is 11.3 Å². The number of thiazole rings is 1. The Kier molecular flexibility index (Phi) is 6.57. The fourth-order valence-electron chi connectivity index (χ4n) is 2.93. The topological polar surface area (TPSA) is 99.2 Å². The van der Waals surface area contributed by atoms with E-state index in [1.165, 1.54) is 23.5 Å². The molecule has 0 bridgehead atoms. The van der Waals surface area contributed by atoms with Gasteiger partial charge >= 0.3 is 0 Å². The van der Waals surface area contributed by atoms with Crippen LogP contribution < -0.4 is 0 Å². The highest BCUT2D eigenvalue weighted by Gasteiger charge is 2.23. The summed E-state index contributed by atoms with van der Waals surface area (Å²) in [6.07, 6.45) is 1.80. The molecule has 1 amide bonds. The van der Waals surface area contributed by atoms with Gasteiger partial charge in [0.15, 0.2) is 4.96 Å². The molecule has 3 rings (SSSR count). The molecule has 0 saturated carbocycles. The van der Waals surface area contributed by atoms with Gasteiger partial charge in [0, 0.05) is 56.9 Å². The summed E-state index contributed by atoms with van der Waals surface area (Å²) in [6, 6.07) is 6.34. The number of nitrogens with zero attached hydrogens (tertiary/aromatic N) is 4. The third kappa shape index (κ3) is 4.44. The Morgan fingerprint density at radius 2 is 1.97 bits per heavy atom. The van der Waals surface area contributed by atoms with E-state index in [1.54, 1.807) is 37.4 Å².